The summed E-state index contributed by atoms with van der Waals surface area (Å²) in [6, 6.07) is 9.27. The number of carbonyl (C=O) groups excluding carboxylic acids is 1. The molecule has 1 fully saturated rings. The van der Waals surface area contributed by atoms with Gasteiger partial charge >= 0.3 is 0 Å². The van der Waals surface area contributed by atoms with Crippen molar-refractivity contribution in [1.29, 1.82) is 0 Å². The van der Waals surface area contributed by atoms with Crippen LogP contribution in [-0.4, -0.2) is 42.6 Å². The molecule has 136 valence electrons. The number of likely N-dealkylation sites (tertiary alicyclic amines) is 1. The van der Waals surface area contributed by atoms with Gasteiger partial charge in [-0.1, -0.05) is 18.5 Å². The summed E-state index contributed by atoms with van der Waals surface area (Å²) in [5, 5.41) is 4.04. The molecule has 0 N–H and O–H groups in total. The van der Waals surface area contributed by atoms with Crippen LogP contribution < -0.4 is 4.74 Å². The van der Waals surface area contributed by atoms with Gasteiger partial charge in [-0.25, -0.2) is 0 Å². The van der Waals surface area contributed by atoms with Gasteiger partial charge in [0.2, 0.25) is 11.5 Å². The van der Waals surface area contributed by atoms with Gasteiger partial charge in [0, 0.05) is 24.1 Å². The number of rotatable bonds is 6. The number of aromatic nitrogens is 1. The molecule has 0 amide bonds. The first kappa shape index (κ1) is 19.5. The Bertz CT molecular complexity index is 678. The largest absolute Gasteiger partial charge is 0.497 e. The Morgan fingerprint density at radius 1 is 1.24 bits per heavy atom. The van der Waals surface area contributed by atoms with Gasteiger partial charge in [-0.15, -0.1) is 12.4 Å². The van der Waals surface area contributed by atoms with Gasteiger partial charge in [-0.05, 0) is 50.2 Å². The second-order valence-electron chi connectivity index (χ2n) is 6.43. The maximum atomic E-state index is 12.6. The number of piperidine rings is 1. The van der Waals surface area contributed by atoms with E-state index in [0.29, 0.717) is 11.5 Å². The summed E-state index contributed by atoms with van der Waals surface area (Å²) < 4.78 is 10.4. The van der Waals surface area contributed by atoms with Crippen LogP contribution in [0.15, 0.2) is 34.9 Å². The van der Waals surface area contributed by atoms with Crippen molar-refractivity contribution >= 4 is 18.2 Å². The summed E-state index contributed by atoms with van der Waals surface area (Å²) >= 11 is 0. The van der Waals surface area contributed by atoms with Crippen molar-refractivity contribution in [3.63, 3.8) is 0 Å². The van der Waals surface area contributed by atoms with Crippen molar-refractivity contribution in [3.05, 3.63) is 36.1 Å². The summed E-state index contributed by atoms with van der Waals surface area (Å²) in [5.74, 6) is 1.06. The van der Waals surface area contributed by atoms with E-state index in [2.05, 4.69) is 10.1 Å². The summed E-state index contributed by atoms with van der Waals surface area (Å²) in [6.07, 6.45) is 3.75. The average molecular weight is 365 g/mol. The van der Waals surface area contributed by atoms with Gasteiger partial charge in [0.25, 0.3) is 0 Å². The molecule has 2 aromatic rings. The van der Waals surface area contributed by atoms with Crippen LogP contribution in [0.1, 0.15) is 36.7 Å². The van der Waals surface area contributed by atoms with Crippen LogP contribution in [0.3, 0.4) is 0 Å². The fourth-order valence-corrected chi connectivity index (χ4v) is 3.14. The monoisotopic (exact) mass is 364 g/mol. The lowest BCUT2D eigenvalue weighted by atomic mass is 10.0. The van der Waals surface area contributed by atoms with Crippen molar-refractivity contribution in [2.24, 2.45) is 5.92 Å². The zero-order valence-electron chi connectivity index (χ0n) is 14.7. The fraction of sp³-hybridized carbons (Fsp3) is 0.474. The van der Waals surface area contributed by atoms with Gasteiger partial charge < -0.3 is 14.2 Å². The topological polar surface area (TPSA) is 55.6 Å². The lowest BCUT2D eigenvalue weighted by molar-refractivity contribution is 0.0846. The van der Waals surface area contributed by atoms with E-state index < -0.39 is 0 Å². The lowest BCUT2D eigenvalue weighted by Gasteiger charge is -2.28. The molecule has 2 heterocycles. The van der Waals surface area contributed by atoms with Crippen molar-refractivity contribution in [2.75, 3.05) is 26.7 Å². The molecule has 0 radical (unpaired) electrons. The molecule has 1 aromatic heterocycles. The van der Waals surface area contributed by atoms with Crippen LogP contribution in [0.2, 0.25) is 0 Å². The molecule has 1 aromatic carbocycles. The molecule has 1 aliphatic heterocycles. The van der Waals surface area contributed by atoms with Crippen molar-refractivity contribution in [2.45, 2.75) is 26.2 Å². The standard InChI is InChI=1S/C19H24N2O3.ClH/c1-14(13-21-10-4-3-5-11-21)19(22)18-12-17(20-24-18)15-6-8-16(23-2)9-7-15;/h6-9,12,14H,3-5,10-11,13H2,1-2H3;1H. The predicted molar refractivity (Wildman–Crippen MR) is 99.5 cm³/mol. The minimum Gasteiger partial charge on any atom is -0.497 e. The molecule has 1 saturated heterocycles. The highest BCUT2D eigenvalue weighted by Crippen LogP contribution is 2.23. The molecule has 1 aliphatic rings. The number of methoxy groups -OCH3 is 1. The van der Waals surface area contributed by atoms with Crippen molar-refractivity contribution < 1.29 is 14.1 Å². The number of Topliss-reactive ketones (excluding diaryl/α,β-unsaturated/α-hetero) is 1. The SMILES string of the molecule is COc1ccc(-c2cc(C(=O)C(C)CN3CCCCC3)on2)cc1.Cl. The zero-order chi connectivity index (χ0) is 16.9. The number of hydrogen-bond donors (Lipinski definition) is 0. The van der Waals surface area contributed by atoms with Crippen LogP contribution >= 0.6 is 12.4 Å². The van der Waals surface area contributed by atoms with E-state index in [1.165, 1.54) is 19.3 Å². The Balaban J connectivity index is 0.00000225. The Labute approximate surface area is 154 Å². The van der Waals surface area contributed by atoms with Crippen molar-refractivity contribution in [1.82, 2.24) is 10.1 Å². The van der Waals surface area contributed by atoms with Gasteiger partial charge in [0.15, 0.2) is 0 Å². The highest BCUT2D eigenvalue weighted by atomic mass is 35.5. The van der Waals surface area contributed by atoms with E-state index in [0.717, 1.165) is 30.9 Å². The van der Waals surface area contributed by atoms with Gasteiger partial charge in [-0.3, -0.25) is 4.79 Å². The van der Waals surface area contributed by atoms with Crippen LogP contribution in [0.4, 0.5) is 0 Å². The van der Waals surface area contributed by atoms with E-state index >= 15 is 0 Å². The van der Waals surface area contributed by atoms with E-state index in [1.54, 1.807) is 13.2 Å². The normalized spacial score (nSPS) is 16.1. The number of nitrogens with zero attached hydrogens (tertiary/aromatic N) is 2. The average Bonchev–Trinajstić information content (AvgIpc) is 3.12. The predicted octanol–water partition coefficient (Wildman–Crippen LogP) is 4.08. The third kappa shape index (κ3) is 4.83. The molecule has 0 spiro atoms. The first-order valence-electron chi connectivity index (χ1n) is 8.55. The van der Waals surface area contributed by atoms with E-state index in [-0.39, 0.29) is 24.1 Å². The Hall–Kier alpha value is -1.85. The summed E-state index contributed by atoms with van der Waals surface area (Å²) in [4.78, 5) is 15.0. The lowest BCUT2D eigenvalue weighted by Crippen LogP contribution is -2.35. The summed E-state index contributed by atoms with van der Waals surface area (Å²) in [5.41, 5.74) is 1.58. The smallest absolute Gasteiger partial charge is 0.204 e. The second kappa shape index (κ2) is 9.02. The molecular formula is C19H25ClN2O3. The van der Waals surface area contributed by atoms with Crippen LogP contribution in [0, 0.1) is 5.92 Å². The second-order valence-corrected chi connectivity index (χ2v) is 6.43. The highest BCUT2D eigenvalue weighted by molar-refractivity contribution is 5.96. The fourth-order valence-electron chi connectivity index (χ4n) is 3.14. The van der Waals surface area contributed by atoms with Gasteiger partial charge in [0.1, 0.15) is 11.4 Å². The number of benzene rings is 1. The molecule has 0 bridgehead atoms. The number of carbonyl (C=O) groups is 1. The maximum absolute atomic E-state index is 12.6. The molecule has 0 saturated carbocycles. The van der Waals surface area contributed by atoms with E-state index in [9.17, 15) is 4.79 Å². The molecule has 25 heavy (non-hydrogen) atoms. The first-order valence-corrected chi connectivity index (χ1v) is 8.55. The Morgan fingerprint density at radius 2 is 1.92 bits per heavy atom. The summed E-state index contributed by atoms with van der Waals surface area (Å²) in [7, 11) is 1.63. The summed E-state index contributed by atoms with van der Waals surface area (Å²) in [6.45, 7) is 4.93. The van der Waals surface area contributed by atoms with Crippen LogP contribution in [-0.2, 0) is 0 Å². The highest BCUT2D eigenvalue weighted by Gasteiger charge is 2.23. The Kier molecular flexibility index (Phi) is 7.02. The van der Waals surface area contributed by atoms with E-state index in [4.69, 9.17) is 9.26 Å². The van der Waals surface area contributed by atoms with E-state index in [1.807, 2.05) is 31.2 Å². The number of ketones is 1. The minimum atomic E-state index is -0.0835. The number of hydrogen-bond acceptors (Lipinski definition) is 5. The molecule has 0 aliphatic carbocycles. The minimum absolute atomic E-state index is 0. The van der Waals surface area contributed by atoms with Crippen LogP contribution in [0.5, 0.6) is 5.75 Å². The van der Waals surface area contributed by atoms with Crippen molar-refractivity contribution in [3.8, 4) is 17.0 Å². The molecule has 3 rings (SSSR count). The third-order valence-electron chi connectivity index (χ3n) is 4.57. The zero-order valence-corrected chi connectivity index (χ0v) is 15.6. The molecule has 6 heteroatoms. The molecule has 1 unspecified atom stereocenters. The van der Waals surface area contributed by atoms with Crippen LogP contribution in [0.25, 0.3) is 11.3 Å². The quantitative estimate of drug-likeness (QED) is 0.723. The molecular weight excluding hydrogens is 340 g/mol. The maximum Gasteiger partial charge on any atom is 0.204 e. The molecule has 5 nitrogen and oxygen atoms in total. The first-order chi connectivity index (χ1) is 11.7. The number of ether oxygens (including phenoxy) is 1. The van der Waals surface area contributed by atoms with Gasteiger partial charge in [-0.2, -0.15) is 0 Å². The number of halogens is 1. The third-order valence-corrected chi connectivity index (χ3v) is 4.57. The Morgan fingerprint density at radius 3 is 2.56 bits per heavy atom. The molecule has 1 atom stereocenters. The van der Waals surface area contributed by atoms with Gasteiger partial charge in [0.05, 0.1) is 7.11 Å².